The van der Waals surface area contributed by atoms with E-state index >= 15 is 0 Å². The second kappa shape index (κ2) is 23.2. The van der Waals surface area contributed by atoms with Gasteiger partial charge in [0, 0.05) is 36.6 Å². The molecule has 1 aliphatic heterocycles. The van der Waals surface area contributed by atoms with Gasteiger partial charge in [0.15, 0.2) is 6.61 Å². The number of benzene rings is 3. The van der Waals surface area contributed by atoms with Gasteiger partial charge in [-0.1, -0.05) is 35.3 Å². The van der Waals surface area contributed by atoms with Crippen LogP contribution < -0.4 is 28.8 Å². The van der Waals surface area contributed by atoms with Crippen molar-refractivity contribution < 1.29 is 56.4 Å². The number of sulfonamides is 1. The molecule has 21 nitrogen and oxygen atoms in total. The SMILES string of the molecule is COC(=O)CSc1cc(/N=c2\sc(=O)n3n2CCCC3)c(F)cc1Cl.COc1nc(C)nc(N(C)C(=O)NS(=O)(=O)c2ccccc2C(=O)O)n1.O=C(O)COc1ccc(Cl)c2cccnc12. The number of aryl methyl sites for hydroxylation is 1. The molecule has 3 aromatic heterocycles. The highest BCUT2D eigenvalue weighted by atomic mass is 35.5. The van der Waals surface area contributed by atoms with Gasteiger partial charge in [-0.15, -0.1) is 11.8 Å². The van der Waals surface area contributed by atoms with Crippen LogP contribution in [-0.2, 0) is 37.4 Å². The van der Waals surface area contributed by atoms with Gasteiger partial charge in [0.25, 0.3) is 10.0 Å². The van der Waals surface area contributed by atoms with Gasteiger partial charge in [0.1, 0.15) is 33.5 Å². The number of hydrogen-bond donors (Lipinski definition) is 3. The number of aliphatic carboxylic acids is 1. The first kappa shape index (κ1) is 51.3. The summed E-state index contributed by atoms with van der Waals surface area (Å²) in [6.07, 6.45) is 3.50. The normalized spacial score (nSPS) is 12.1. The maximum atomic E-state index is 14.3. The molecule has 0 aliphatic carbocycles. The van der Waals surface area contributed by atoms with Gasteiger partial charge in [0.05, 0.1) is 35.6 Å². The molecule has 67 heavy (non-hydrogen) atoms. The number of carboxylic acid groups (broad SMARTS) is 2. The van der Waals surface area contributed by atoms with Crippen LogP contribution in [0.5, 0.6) is 11.8 Å². The van der Waals surface area contributed by atoms with Crippen molar-refractivity contribution in [1.29, 1.82) is 0 Å². The zero-order chi connectivity index (χ0) is 49.0. The van der Waals surface area contributed by atoms with E-state index in [1.807, 2.05) is 0 Å². The Bertz CT molecular complexity index is 3080. The molecule has 1 aliphatic rings. The first-order chi connectivity index (χ1) is 31.8. The summed E-state index contributed by atoms with van der Waals surface area (Å²) in [5.74, 6) is -2.86. The van der Waals surface area contributed by atoms with E-state index in [4.69, 9.17) is 42.9 Å². The van der Waals surface area contributed by atoms with Gasteiger partial charge in [-0.2, -0.15) is 15.0 Å². The molecule has 0 spiro atoms. The van der Waals surface area contributed by atoms with E-state index in [1.165, 1.54) is 39.5 Å². The monoisotopic (exact) mass is 1020 g/mol. The van der Waals surface area contributed by atoms with Crippen molar-refractivity contribution in [3.8, 4) is 11.8 Å². The lowest BCUT2D eigenvalue weighted by molar-refractivity contribution is -0.139. The fourth-order valence-electron chi connectivity index (χ4n) is 5.69. The second-order valence-corrected chi connectivity index (χ2v) is 17.8. The highest BCUT2D eigenvalue weighted by Gasteiger charge is 2.27. The topological polar surface area (TPSA) is 277 Å². The molecule has 27 heteroatoms. The number of carbonyl (C=O) groups excluding carboxylic acids is 2. The number of carboxylic acids is 2. The number of aromatic carboxylic acids is 1. The molecular formula is C40H38Cl2FN9O12S3. The number of anilines is 1. The Hall–Kier alpha value is -6.67. The zero-order valence-electron chi connectivity index (χ0n) is 35.5. The van der Waals surface area contributed by atoms with Crippen molar-refractivity contribution in [2.24, 2.45) is 4.99 Å². The van der Waals surface area contributed by atoms with Crippen LogP contribution >= 0.6 is 46.3 Å². The third-order valence-corrected chi connectivity index (χ3v) is 12.9. The molecule has 0 saturated carbocycles. The number of nitrogens with one attached hydrogen (secondary N) is 1. The molecule has 2 amide bonds. The summed E-state index contributed by atoms with van der Waals surface area (Å²) in [6, 6.07) is 13.2. The van der Waals surface area contributed by atoms with Crippen molar-refractivity contribution >= 4 is 103 Å². The van der Waals surface area contributed by atoms with Crippen LogP contribution in [0.4, 0.5) is 20.8 Å². The summed E-state index contributed by atoms with van der Waals surface area (Å²) >= 11 is 14.2. The van der Waals surface area contributed by atoms with Crippen LogP contribution in [0.2, 0.25) is 10.0 Å². The van der Waals surface area contributed by atoms with E-state index in [9.17, 15) is 36.8 Å². The number of hydrogen-bond acceptors (Lipinski definition) is 17. The number of thioether (sulfide) groups is 1. The lowest BCUT2D eigenvalue weighted by atomic mass is 10.2. The minimum atomic E-state index is -4.44. The van der Waals surface area contributed by atoms with Gasteiger partial charge in [0.2, 0.25) is 10.7 Å². The molecule has 0 bridgehead atoms. The molecule has 3 aromatic carbocycles. The Labute approximate surface area is 397 Å². The molecule has 0 unspecified atom stereocenters. The number of rotatable bonds is 12. The average Bonchev–Trinajstić information content (AvgIpc) is 3.62. The van der Waals surface area contributed by atoms with E-state index in [-0.39, 0.29) is 39.1 Å². The van der Waals surface area contributed by atoms with Crippen LogP contribution in [0.25, 0.3) is 10.9 Å². The minimum Gasteiger partial charge on any atom is -0.480 e. The smallest absolute Gasteiger partial charge is 0.341 e. The van der Waals surface area contributed by atoms with Crippen LogP contribution in [0.15, 0.2) is 86.4 Å². The molecule has 0 radical (unpaired) electrons. The fraction of sp³-hybridized carbons (Fsp3) is 0.250. The van der Waals surface area contributed by atoms with Crippen LogP contribution in [0.3, 0.4) is 0 Å². The Morgan fingerprint density at radius 2 is 1.70 bits per heavy atom. The van der Waals surface area contributed by atoms with Crippen molar-refractivity contribution in [2.45, 2.75) is 42.6 Å². The number of fused-ring (bicyclic) bond motifs is 2. The number of halogens is 3. The van der Waals surface area contributed by atoms with Gasteiger partial charge in [-0.25, -0.2) is 41.6 Å². The third kappa shape index (κ3) is 13.5. The predicted molar refractivity (Wildman–Crippen MR) is 244 cm³/mol. The maximum absolute atomic E-state index is 14.3. The molecule has 0 fully saturated rings. The summed E-state index contributed by atoms with van der Waals surface area (Å²) in [6.45, 7) is 2.47. The van der Waals surface area contributed by atoms with E-state index < -0.39 is 56.8 Å². The highest BCUT2D eigenvalue weighted by molar-refractivity contribution is 8.00. The molecule has 354 valence electrons. The summed E-state index contributed by atoms with van der Waals surface area (Å²) < 4.78 is 58.8. The third-order valence-electron chi connectivity index (χ3n) is 8.84. The molecule has 7 rings (SSSR count). The first-order valence-electron chi connectivity index (χ1n) is 19.1. The number of esters is 1. The van der Waals surface area contributed by atoms with Crippen molar-refractivity contribution in [1.82, 2.24) is 34.0 Å². The van der Waals surface area contributed by atoms with E-state index in [1.54, 1.807) is 51.5 Å². The number of methoxy groups -OCH3 is 2. The Kier molecular flexibility index (Phi) is 17.7. The van der Waals surface area contributed by atoms with E-state index in [0.29, 0.717) is 39.1 Å². The Balaban J connectivity index is 0.000000193. The number of aromatic nitrogens is 6. The number of pyridine rings is 1. The maximum Gasteiger partial charge on any atom is 0.341 e. The summed E-state index contributed by atoms with van der Waals surface area (Å²) in [5.41, 5.74) is 0.184. The summed E-state index contributed by atoms with van der Waals surface area (Å²) in [5, 5.41) is 19.1. The largest absolute Gasteiger partial charge is 0.480 e. The number of urea groups is 1. The quantitative estimate of drug-likeness (QED) is 0.0998. The van der Waals surface area contributed by atoms with Gasteiger partial charge in [-0.3, -0.25) is 24.2 Å². The molecule has 0 saturated heterocycles. The van der Waals surface area contributed by atoms with E-state index in [2.05, 4.69) is 29.7 Å². The van der Waals surface area contributed by atoms with Crippen LogP contribution in [0, 0.1) is 12.7 Å². The second-order valence-electron chi connectivity index (χ2n) is 13.4. The summed E-state index contributed by atoms with van der Waals surface area (Å²) in [4.78, 5) is 78.4. The number of ether oxygens (including phenoxy) is 3. The molecule has 3 N–H and O–H groups in total. The zero-order valence-corrected chi connectivity index (χ0v) is 39.5. The molecule has 4 heterocycles. The van der Waals surface area contributed by atoms with Crippen molar-refractivity contribution in [3.05, 3.63) is 109 Å². The molecular weight excluding hydrogens is 985 g/mol. The number of nitrogens with zero attached hydrogens (tertiary/aromatic N) is 8. The highest BCUT2D eigenvalue weighted by Crippen LogP contribution is 2.33. The lowest BCUT2D eigenvalue weighted by Crippen LogP contribution is -2.42. The first-order valence-corrected chi connectivity index (χ1v) is 23.2. The molecule has 6 aromatic rings. The van der Waals surface area contributed by atoms with Gasteiger partial charge < -0.3 is 24.4 Å². The standard InChI is InChI=1S/C15H15ClFN3O3S2.C14H15N5O6S.C11H8ClNO3/c1-23-13(21)8-24-12-7-11(10(17)6-9(12)16)18-14-19-4-2-3-5-20(19)15(22)25-14;1-8-15-12(17-13(16-8)25-3)19(2)14(22)18-26(23,24)10-7-5-4-6-9(10)11(20)21;12-8-3-4-9(16-6-10(14)15)11-7(8)2-1-5-13-11/h6-7H,2-5,8H2,1H3;4-7H,1-3H3,(H,18,22)(H,20,21);1-5H,6H2,(H,14,15)/b18-14-;;. The van der Waals surface area contributed by atoms with Crippen molar-refractivity contribution in [3.63, 3.8) is 0 Å². The Morgan fingerprint density at radius 1 is 0.985 bits per heavy atom. The van der Waals surface area contributed by atoms with Crippen LogP contribution in [-0.4, -0.2) is 105 Å². The fourth-order valence-corrected chi connectivity index (χ4v) is 9.07. The average molecular weight is 1020 g/mol. The van der Waals surface area contributed by atoms with Gasteiger partial charge in [-0.05, 0) is 79.6 Å². The predicted octanol–water partition coefficient (Wildman–Crippen LogP) is 5.57. The van der Waals surface area contributed by atoms with Crippen LogP contribution in [0.1, 0.15) is 29.0 Å². The summed E-state index contributed by atoms with van der Waals surface area (Å²) in [7, 11) is -0.578. The van der Waals surface area contributed by atoms with E-state index in [0.717, 1.165) is 64.4 Å². The number of carbonyl (C=O) groups is 4. The lowest BCUT2D eigenvalue weighted by Gasteiger charge is -2.17. The molecule has 0 atom stereocenters. The Morgan fingerprint density at radius 3 is 2.39 bits per heavy atom. The van der Waals surface area contributed by atoms with Crippen molar-refractivity contribution in [2.75, 3.05) is 38.5 Å². The van der Waals surface area contributed by atoms with Gasteiger partial charge >= 0.3 is 34.8 Å². The number of amides is 2. The minimum absolute atomic E-state index is 0.0498.